The molecule has 0 aliphatic rings. The van der Waals surface area contributed by atoms with Crippen LogP contribution >= 0.6 is 11.6 Å². The van der Waals surface area contributed by atoms with Crippen molar-refractivity contribution in [3.63, 3.8) is 0 Å². The average Bonchev–Trinajstić information content (AvgIpc) is 2.70. The van der Waals surface area contributed by atoms with E-state index in [1.165, 1.54) is 20.3 Å². The van der Waals surface area contributed by atoms with Crippen LogP contribution in [0.25, 0.3) is 0 Å². The summed E-state index contributed by atoms with van der Waals surface area (Å²) in [4.78, 5) is 12.7. The predicted molar refractivity (Wildman–Crippen MR) is 111 cm³/mol. The zero-order chi connectivity index (χ0) is 20.5. The Labute approximate surface area is 170 Å². The van der Waals surface area contributed by atoms with Gasteiger partial charge in [-0.2, -0.15) is 0 Å². The van der Waals surface area contributed by atoms with Gasteiger partial charge in [0.25, 0.3) is 5.91 Å². The molecule has 6 nitrogen and oxygen atoms in total. The van der Waals surface area contributed by atoms with Gasteiger partial charge in [0, 0.05) is 17.3 Å². The lowest BCUT2D eigenvalue weighted by atomic mass is 10.1. The number of benzene rings is 2. The number of hydrogen-bond acceptors (Lipinski definition) is 5. The van der Waals surface area contributed by atoms with Crippen LogP contribution in [-0.2, 0) is 0 Å². The molecule has 0 aromatic heterocycles. The van der Waals surface area contributed by atoms with Crippen molar-refractivity contribution < 1.29 is 23.7 Å². The van der Waals surface area contributed by atoms with Crippen LogP contribution in [0.2, 0.25) is 5.02 Å². The topological polar surface area (TPSA) is 66.0 Å². The molecule has 152 valence electrons. The molecule has 0 saturated carbocycles. The number of nitrogens with one attached hydrogen (secondary N) is 1. The maximum absolute atomic E-state index is 12.7. The SMILES string of the molecule is CCCOc1ccc(NC(=O)c2cc(Cl)c(OC)c(OC)c2)cc1OCCC. The zero-order valence-electron chi connectivity index (χ0n) is 16.6. The highest BCUT2D eigenvalue weighted by molar-refractivity contribution is 6.32. The Kier molecular flexibility index (Phi) is 8.26. The number of halogens is 1. The lowest BCUT2D eigenvalue weighted by molar-refractivity contribution is 0.102. The molecule has 0 fully saturated rings. The fraction of sp³-hybridized carbons (Fsp3) is 0.381. The van der Waals surface area contributed by atoms with Gasteiger partial charge in [0.1, 0.15) is 0 Å². The highest BCUT2D eigenvalue weighted by Crippen LogP contribution is 2.36. The van der Waals surface area contributed by atoms with Crippen molar-refractivity contribution in [2.45, 2.75) is 26.7 Å². The van der Waals surface area contributed by atoms with Gasteiger partial charge >= 0.3 is 0 Å². The van der Waals surface area contributed by atoms with Gasteiger partial charge in [-0.15, -0.1) is 0 Å². The standard InChI is InChI=1S/C21H26ClNO5/c1-5-9-27-17-8-7-15(13-18(17)28-10-6-2)23-21(24)14-11-16(22)20(26-4)19(12-14)25-3/h7-8,11-13H,5-6,9-10H2,1-4H3,(H,23,24). The third kappa shape index (κ3) is 5.45. The zero-order valence-corrected chi connectivity index (χ0v) is 17.4. The van der Waals surface area contributed by atoms with Gasteiger partial charge < -0.3 is 24.3 Å². The summed E-state index contributed by atoms with van der Waals surface area (Å²) < 4.78 is 21.9. The molecule has 1 amide bonds. The number of hydrogen-bond donors (Lipinski definition) is 1. The molecule has 0 aliphatic carbocycles. The van der Waals surface area contributed by atoms with Gasteiger partial charge in [-0.05, 0) is 37.1 Å². The fourth-order valence-electron chi connectivity index (χ4n) is 2.49. The first-order chi connectivity index (χ1) is 13.5. The van der Waals surface area contributed by atoms with Crippen LogP contribution in [-0.4, -0.2) is 33.3 Å². The van der Waals surface area contributed by atoms with E-state index >= 15 is 0 Å². The van der Waals surface area contributed by atoms with E-state index in [1.807, 2.05) is 13.8 Å². The van der Waals surface area contributed by atoms with Gasteiger partial charge in [0.05, 0.1) is 32.5 Å². The third-order valence-electron chi connectivity index (χ3n) is 3.82. The Hall–Kier alpha value is -2.60. The molecule has 0 saturated heterocycles. The van der Waals surface area contributed by atoms with E-state index in [2.05, 4.69) is 5.32 Å². The summed E-state index contributed by atoms with van der Waals surface area (Å²) in [5.41, 5.74) is 0.941. The quantitative estimate of drug-likeness (QED) is 0.587. The highest BCUT2D eigenvalue weighted by Gasteiger charge is 2.16. The number of carbonyl (C=O) groups excluding carboxylic acids is 1. The maximum Gasteiger partial charge on any atom is 0.255 e. The smallest absolute Gasteiger partial charge is 0.255 e. The van der Waals surface area contributed by atoms with Crippen LogP contribution in [0.1, 0.15) is 37.0 Å². The number of methoxy groups -OCH3 is 2. The average molecular weight is 408 g/mol. The predicted octanol–water partition coefficient (Wildman–Crippen LogP) is 5.19. The summed E-state index contributed by atoms with van der Waals surface area (Å²) in [6.45, 7) is 5.22. The van der Waals surface area contributed by atoms with Crippen LogP contribution in [0, 0.1) is 0 Å². The van der Waals surface area contributed by atoms with Gasteiger partial charge in [0.2, 0.25) is 0 Å². The molecule has 0 bridgehead atoms. The Morgan fingerprint density at radius 3 is 2.21 bits per heavy atom. The van der Waals surface area contributed by atoms with Gasteiger partial charge in [-0.3, -0.25) is 4.79 Å². The summed E-state index contributed by atoms with van der Waals surface area (Å²) in [7, 11) is 2.98. The lowest BCUT2D eigenvalue weighted by Crippen LogP contribution is -2.13. The van der Waals surface area contributed by atoms with Crippen molar-refractivity contribution in [3.05, 3.63) is 40.9 Å². The molecule has 2 rings (SSSR count). The molecule has 0 unspecified atom stereocenters. The van der Waals surface area contributed by atoms with Crippen molar-refractivity contribution in [2.24, 2.45) is 0 Å². The molecule has 0 heterocycles. The molecule has 2 aromatic rings. The minimum absolute atomic E-state index is 0.294. The maximum atomic E-state index is 12.7. The summed E-state index contributed by atoms with van der Waals surface area (Å²) in [5.74, 6) is 1.69. The molecule has 0 spiro atoms. The normalized spacial score (nSPS) is 10.3. The van der Waals surface area contributed by atoms with Crippen molar-refractivity contribution in [3.8, 4) is 23.0 Å². The van der Waals surface area contributed by atoms with Crippen molar-refractivity contribution in [2.75, 3.05) is 32.8 Å². The first-order valence-corrected chi connectivity index (χ1v) is 9.54. The van der Waals surface area contributed by atoms with Gasteiger partial charge in [-0.1, -0.05) is 25.4 Å². The number of anilines is 1. The molecular weight excluding hydrogens is 382 g/mol. The minimum atomic E-state index is -0.327. The van der Waals surface area contributed by atoms with Gasteiger partial charge in [0.15, 0.2) is 23.0 Å². The number of amides is 1. The Bertz CT molecular complexity index is 810. The first kappa shape index (κ1) is 21.7. The number of ether oxygens (including phenoxy) is 4. The Balaban J connectivity index is 2.24. The monoisotopic (exact) mass is 407 g/mol. The van der Waals surface area contributed by atoms with E-state index in [0.717, 1.165) is 12.8 Å². The summed E-state index contributed by atoms with van der Waals surface area (Å²) in [6.07, 6.45) is 1.76. The first-order valence-electron chi connectivity index (χ1n) is 9.16. The number of rotatable bonds is 10. The van der Waals surface area contributed by atoms with Crippen LogP contribution in [0.15, 0.2) is 30.3 Å². The molecule has 7 heteroatoms. The van der Waals surface area contributed by atoms with Crippen LogP contribution in [0.5, 0.6) is 23.0 Å². The van der Waals surface area contributed by atoms with Crippen LogP contribution < -0.4 is 24.3 Å². The molecular formula is C21H26ClNO5. The molecule has 0 atom stereocenters. The van der Waals surface area contributed by atoms with E-state index in [0.29, 0.717) is 52.5 Å². The largest absolute Gasteiger partial charge is 0.493 e. The number of carbonyl (C=O) groups is 1. The molecule has 2 aromatic carbocycles. The summed E-state index contributed by atoms with van der Waals surface area (Å²) >= 11 is 6.19. The second-order valence-corrected chi connectivity index (χ2v) is 6.41. The molecule has 0 radical (unpaired) electrons. The lowest BCUT2D eigenvalue weighted by Gasteiger charge is -2.15. The molecule has 0 aliphatic heterocycles. The van der Waals surface area contributed by atoms with E-state index in [1.54, 1.807) is 24.3 Å². The Morgan fingerprint density at radius 2 is 1.61 bits per heavy atom. The van der Waals surface area contributed by atoms with E-state index < -0.39 is 0 Å². The van der Waals surface area contributed by atoms with Crippen molar-refractivity contribution >= 4 is 23.2 Å². The van der Waals surface area contributed by atoms with E-state index in [4.69, 9.17) is 30.5 Å². The fourth-order valence-corrected chi connectivity index (χ4v) is 2.78. The van der Waals surface area contributed by atoms with Gasteiger partial charge in [-0.25, -0.2) is 0 Å². The molecule has 28 heavy (non-hydrogen) atoms. The van der Waals surface area contributed by atoms with E-state index in [9.17, 15) is 4.79 Å². The van der Waals surface area contributed by atoms with E-state index in [-0.39, 0.29) is 5.91 Å². The summed E-state index contributed by atoms with van der Waals surface area (Å²) in [6, 6.07) is 8.42. The third-order valence-corrected chi connectivity index (χ3v) is 4.10. The second-order valence-electron chi connectivity index (χ2n) is 6.01. The molecule has 1 N–H and O–H groups in total. The highest BCUT2D eigenvalue weighted by atomic mass is 35.5. The summed E-state index contributed by atoms with van der Waals surface area (Å²) in [5, 5.41) is 3.14. The van der Waals surface area contributed by atoms with Crippen molar-refractivity contribution in [1.29, 1.82) is 0 Å². The van der Waals surface area contributed by atoms with Crippen LogP contribution in [0.3, 0.4) is 0 Å². The minimum Gasteiger partial charge on any atom is -0.493 e. The van der Waals surface area contributed by atoms with Crippen molar-refractivity contribution in [1.82, 2.24) is 0 Å². The van der Waals surface area contributed by atoms with Crippen LogP contribution in [0.4, 0.5) is 5.69 Å². The Morgan fingerprint density at radius 1 is 0.929 bits per heavy atom. The second kappa shape index (κ2) is 10.7.